The van der Waals surface area contributed by atoms with Crippen LogP contribution in [0, 0.1) is 0 Å². The molecule has 0 aromatic heterocycles. The van der Waals surface area contributed by atoms with E-state index >= 15 is 0 Å². The fourth-order valence-electron chi connectivity index (χ4n) is 4.47. The summed E-state index contributed by atoms with van der Waals surface area (Å²) in [6, 6.07) is 28.1. The van der Waals surface area contributed by atoms with Crippen LogP contribution in [0.3, 0.4) is 0 Å². The van der Waals surface area contributed by atoms with Crippen LogP contribution < -0.4 is 0 Å². The first-order chi connectivity index (χ1) is 20.3. The quantitative estimate of drug-likeness (QED) is 0.209. The summed E-state index contributed by atoms with van der Waals surface area (Å²) in [5, 5.41) is 4.11. The second kappa shape index (κ2) is 11.6. The molecule has 0 bridgehead atoms. The van der Waals surface area contributed by atoms with Crippen LogP contribution in [0.15, 0.2) is 118 Å². The second-order valence-corrected chi connectivity index (χ2v) is 10.9. The fourth-order valence-corrected chi connectivity index (χ4v) is 5.39. The first-order valence-electron chi connectivity index (χ1n) is 12.6. The molecule has 0 spiro atoms. The highest BCUT2D eigenvalue weighted by Crippen LogP contribution is 2.33. The molecule has 0 N–H and O–H groups in total. The number of nitrogens with zero attached hydrogens (tertiary/aromatic N) is 4. The van der Waals surface area contributed by atoms with E-state index in [9.17, 15) is 9.59 Å². The van der Waals surface area contributed by atoms with E-state index in [0.29, 0.717) is 42.3 Å². The van der Waals surface area contributed by atoms with E-state index in [0.717, 1.165) is 0 Å². The molecule has 2 aliphatic rings. The standard InChI is InChI=1S/C32H18Cl4N4O2/c33-23-13-11-21(25(35)17-23)15-27-31(41)39(29(37-27)19-7-3-1-4-8-19)40-30(20-9-5-2-6-10-20)38-28(32(40)42)16-22-12-14-24(34)18-26(22)36/h1-18H/b27-15-,28-16+. The predicted octanol–water partition coefficient (Wildman–Crippen LogP) is 8.18. The second-order valence-electron chi connectivity index (χ2n) is 9.23. The van der Waals surface area contributed by atoms with E-state index in [1.165, 1.54) is 10.0 Å². The van der Waals surface area contributed by atoms with E-state index in [4.69, 9.17) is 46.4 Å². The maximum Gasteiger partial charge on any atom is 0.297 e. The minimum Gasteiger partial charge on any atom is -0.265 e. The zero-order valence-electron chi connectivity index (χ0n) is 21.5. The van der Waals surface area contributed by atoms with Crippen molar-refractivity contribution in [3.8, 4) is 0 Å². The summed E-state index contributed by atoms with van der Waals surface area (Å²) in [6.07, 6.45) is 3.13. The number of hydrazine groups is 1. The molecule has 0 atom stereocenters. The molecular formula is C32H18Cl4N4O2. The molecule has 4 aromatic rings. The summed E-state index contributed by atoms with van der Waals surface area (Å²) < 4.78 is 0. The molecule has 0 saturated heterocycles. The van der Waals surface area contributed by atoms with Gasteiger partial charge in [0.25, 0.3) is 11.8 Å². The highest BCUT2D eigenvalue weighted by Gasteiger charge is 2.44. The summed E-state index contributed by atoms with van der Waals surface area (Å²) in [4.78, 5) is 37.6. The number of amides is 2. The first-order valence-corrected chi connectivity index (χ1v) is 14.1. The molecule has 6 nitrogen and oxygen atoms in total. The maximum absolute atomic E-state index is 14.1. The molecule has 4 aromatic carbocycles. The Labute approximate surface area is 261 Å². The average molecular weight is 632 g/mol. The van der Waals surface area contributed by atoms with Crippen molar-refractivity contribution < 1.29 is 9.59 Å². The lowest BCUT2D eigenvalue weighted by molar-refractivity contribution is -0.141. The zero-order valence-corrected chi connectivity index (χ0v) is 24.5. The number of halogens is 4. The average Bonchev–Trinajstić information content (AvgIpc) is 3.48. The van der Waals surface area contributed by atoms with Gasteiger partial charge in [0.15, 0.2) is 11.7 Å². The van der Waals surface area contributed by atoms with Gasteiger partial charge in [-0.25, -0.2) is 9.98 Å². The normalized spacial score (nSPS) is 17.0. The maximum atomic E-state index is 14.1. The molecule has 6 rings (SSSR count). The number of carbonyl (C=O) groups excluding carboxylic acids is 2. The van der Waals surface area contributed by atoms with E-state index in [-0.39, 0.29) is 23.1 Å². The van der Waals surface area contributed by atoms with Crippen molar-refractivity contribution >= 4 is 82.0 Å². The van der Waals surface area contributed by atoms with Gasteiger partial charge in [0, 0.05) is 31.2 Å². The van der Waals surface area contributed by atoms with Crippen LogP contribution in [0.25, 0.3) is 12.2 Å². The molecular weight excluding hydrogens is 614 g/mol. The summed E-state index contributed by atoms with van der Waals surface area (Å²) in [5.41, 5.74) is 2.49. The lowest BCUT2D eigenvalue weighted by Gasteiger charge is -2.29. The van der Waals surface area contributed by atoms with Crippen molar-refractivity contribution in [1.29, 1.82) is 0 Å². The molecule has 0 saturated carbocycles. The van der Waals surface area contributed by atoms with E-state index < -0.39 is 11.8 Å². The van der Waals surface area contributed by atoms with Crippen molar-refractivity contribution in [2.75, 3.05) is 0 Å². The van der Waals surface area contributed by atoms with E-state index in [1.807, 2.05) is 36.4 Å². The third kappa shape index (κ3) is 5.38. The van der Waals surface area contributed by atoms with Gasteiger partial charge in [-0.15, -0.1) is 0 Å². The van der Waals surface area contributed by atoms with Crippen LogP contribution in [0.5, 0.6) is 0 Å². The van der Waals surface area contributed by atoms with Crippen LogP contribution in [0.2, 0.25) is 20.1 Å². The topological polar surface area (TPSA) is 65.3 Å². The zero-order chi connectivity index (χ0) is 29.4. The molecule has 10 heteroatoms. The van der Waals surface area contributed by atoms with Gasteiger partial charge in [-0.05, 0) is 47.5 Å². The SMILES string of the molecule is O=C1/C(=C/c2ccc(Cl)cc2Cl)N=C(c2ccccc2)N1N1C(=O)/C(=C\c2ccc(Cl)cc2Cl)N=C1c1ccccc1. The minimum atomic E-state index is -0.539. The highest BCUT2D eigenvalue weighted by atomic mass is 35.5. The van der Waals surface area contributed by atoms with E-state index in [1.54, 1.807) is 72.8 Å². The first kappa shape index (κ1) is 27.9. The van der Waals surface area contributed by atoms with Crippen LogP contribution in [0.4, 0.5) is 0 Å². The van der Waals surface area contributed by atoms with Crippen molar-refractivity contribution in [2.24, 2.45) is 9.98 Å². The van der Waals surface area contributed by atoms with Gasteiger partial charge in [-0.1, -0.05) is 119 Å². The molecule has 2 amide bonds. The third-order valence-corrected chi connectivity index (χ3v) is 7.58. The summed E-state index contributed by atoms with van der Waals surface area (Å²) in [6.45, 7) is 0. The Balaban J connectivity index is 1.50. The number of rotatable bonds is 5. The highest BCUT2D eigenvalue weighted by molar-refractivity contribution is 6.36. The molecule has 0 fully saturated rings. The Morgan fingerprint density at radius 3 is 1.26 bits per heavy atom. The molecule has 206 valence electrons. The molecule has 42 heavy (non-hydrogen) atoms. The van der Waals surface area contributed by atoms with Crippen molar-refractivity contribution in [3.63, 3.8) is 0 Å². The molecule has 2 heterocycles. The Morgan fingerprint density at radius 1 is 0.524 bits per heavy atom. The van der Waals surface area contributed by atoms with Crippen molar-refractivity contribution in [1.82, 2.24) is 10.0 Å². The summed E-state index contributed by atoms with van der Waals surface area (Å²) in [5.74, 6) is -0.579. The Bertz CT molecular complexity index is 1730. The lowest BCUT2D eigenvalue weighted by Crippen LogP contribution is -2.52. The number of amidine groups is 2. The number of carbonyl (C=O) groups is 2. The molecule has 0 radical (unpaired) electrons. The van der Waals surface area contributed by atoms with Gasteiger partial charge in [-0.3, -0.25) is 9.59 Å². The number of benzene rings is 4. The van der Waals surface area contributed by atoms with Gasteiger partial charge in [0.1, 0.15) is 11.4 Å². The minimum absolute atomic E-state index is 0.0801. The third-order valence-electron chi connectivity index (χ3n) is 6.45. The smallest absolute Gasteiger partial charge is 0.265 e. The van der Waals surface area contributed by atoms with E-state index in [2.05, 4.69) is 9.98 Å². The summed E-state index contributed by atoms with van der Waals surface area (Å²) >= 11 is 24.9. The Kier molecular flexibility index (Phi) is 7.71. The lowest BCUT2D eigenvalue weighted by atomic mass is 10.2. The molecule has 0 aliphatic carbocycles. The number of hydrogen-bond acceptors (Lipinski definition) is 4. The van der Waals surface area contributed by atoms with Crippen LogP contribution >= 0.6 is 46.4 Å². The summed E-state index contributed by atoms with van der Waals surface area (Å²) in [7, 11) is 0. The largest absolute Gasteiger partial charge is 0.297 e. The number of aliphatic imine (C=N–C) groups is 2. The predicted molar refractivity (Wildman–Crippen MR) is 169 cm³/mol. The van der Waals surface area contributed by atoms with Crippen LogP contribution in [-0.4, -0.2) is 33.5 Å². The number of hydrogen-bond donors (Lipinski definition) is 0. The van der Waals surface area contributed by atoms with Crippen LogP contribution in [-0.2, 0) is 9.59 Å². The monoisotopic (exact) mass is 630 g/mol. The van der Waals surface area contributed by atoms with Gasteiger partial charge in [-0.2, -0.15) is 10.0 Å². The molecule has 0 unspecified atom stereocenters. The fraction of sp³-hybridized carbons (Fsp3) is 0. The Morgan fingerprint density at radius 2 is 0.905 bits per heavy atom. The van der Waals surface area contributed by atoms with Crippen molar-refractivity contribution in [2.45, 2.75) is 0 Å². The van der Waals surface area contributed by atoms with Crippen molar-refractivity contribution in [3.05, 3.63) is 151 Å². The van der Waals surface area contributed by atoms with Crippen LogP contribution in [0.1, 0.15) is 22.3 Å². The van der Waals surface area contributed by atoms with Gasteiger partial charge >= 0.3 is 0 Å². The van der Waals surface area contributed by atoms with Gasteiger partial charge in [0.2, 0.25) is 0 Å². The Hall–Kier alpha value is -4.20. The molecule has 2 aliphatic heterocycles. The van der Waals surface area contributed by atoms with Gasteiger partial charge < -0.3 is 0 Å². The van der Waals surface area contributed by atoms with Gasteiger partial charge in [0.05, 0.1) is 0 Å².